The Bertz CT molecular complexity index is 1560. The number of anilines is 1. The first kappa shape index (κ1) is 30.0. The first-order valence-electron chi connectivity index (χ1n) is 16.4. The number of carbonyl (C=O) groups is 2. The number of hydrogen-bond donors (Lipinski definition) is 1. The Hall–Kier alpha value is -4.00. The van der Waals surface area contributed by atoms with E-state index in [4.69, 9.17) is 0 Å². The number of fused-ring (bicyclic) bond motifs is 1. The van der Waals surface area contributed by atoms with E-state index in [2.05, 4.69) is 15.2 Å². The molecule has 0 unspecified atom stereocenters. The fraction of sp³-hybridized carbons (Fsp3) is 0.432. The number of halogens is 1. The van der Waals surface area contributed by atoms with Crippen LogP contribution in [-0.2, 0) is 11.2 Å². The highest BCUT2D eigenvalue weighted by atomic mass is 19.1. The molecule has 230 valence electrons. The van der Waals surface area contributed by atoms with Gasteiger partial charge in [0, 0.05) is 30.0 Å². The molecule has 6 nitrogen and oxygen atoms in total. The van der Waals surface area contributed by atoms with E-state index in [9.17, 15) is 14.0 Å². The van der Waals surface area contributed by atoms with Crippen molar-refractivity contribution in [2.24, 2.45) is 11.8 Å². The molecule has 0 spiro atoms. The number of aromatic nitrogens is 2. The number of benzene rings is 3. The van der Waals surface area contributed by atoms with Gasteiger partial charge in [-0.25, -0.2) is 9.37 Å². The second-order valence-corrected chi connectivity index (χ2v) is 12.8. The monoisotopic (exact) mass is 594 g/mol. The van der Waals surface area contributed by atoms with E-state index in [0.717, 1.165) is 41.2 Å². The number of hydrogen-bond acceptors (Lipinski definition) is 3. The number of imidazole rings is 1. The summed E-state index contributed by atoms with van der Waals surface area (Å²) in [5.74, 6) is 1.70. The van der Waals surface area contributed by atoms with Crippen LogP contribution < -0.4 is 5.32 Å². The minimum absolute atomic E-state index is 0.222. The molecule has 0 bridgehead atoms. The molecule has 0 saturated heterocycles. The van der Waals surface area contributed by atoms with Crippen LogP contribution in [0.15, 0.2) is 66.7 Å². The Morgan fingerprint density at radius 1 is 0.841 bits per heavy atom. The summed E-state index contributed by atoms with van der Waals surface area (Å²) < 4.78 is 15.4. The number of aryl methyl sites for hydroxylation is 1. The van der Waals surface area contributed by atoms with Gasteiger partial charge in [-0.15, -0.1) is 0 Å². The van der Waals surface area contributed by atoms with E-state index >= 15 is 0 Å². The molecule has 2 saturated carbocycles. The zero-order valence-corrected chi connectivity index (χ0v) is 25.7. The molecule has 6 rings (SSSR count). The molecule has 0 atom stereocenters. The predicted octanol–water partition coefficient (Wildman–Crippen LogP) is 8.26. The van der Waals surface area contributed by atoms with E-state index < -0.39 is 0 Å². The maximum Gasteiger partial charge on any atom is 0.255 e. The highest BCUT2D eigenvalue weighted by Gasteiger charge is 2.25. The molecule has 3 aromatic carbocycles. The summed E-state index contributed by atoms with van der Waals surface area (Å²) in [7, 11) is 0. The van der Waals surface area contributed by atoms with Crippen molar-refractivity contribution in [2.45, 2.75) is 77.6 Å². The number of nitrogens with zero attached hydrogens (tertiary/aromatic N) is 3. The van der Waals surface area contributed by atoms with Gasteiger partial charge in [-0.2, -0.15) is 0 Å². The third kappa shape index (κ3) is 7.20. The minimum atomic E-state index is -0.303. The molecule has 2 fully saturated rings. The lowest BCUT2D eigenvalue weighted by molar-refractivity contribution is -0.132. The Balaban J connectivity index is 1.11. The van der Waals surface area contributed by atoms with Crippen LogP contribution >= 0.6 is 0 Å². The molecule has 0 aliphatic heterocycles. The van der Waals surface area contributed by atoms with Crippen LogP contribution in [0.4, 0.5) is 10.1 Å². The normalized spacial score (nSPS) is 16.2. The molecule has 2 aliphatic rings. The third-order valence-corrected chi connectivity index (χ3v) is 9.50. The molecule has 0 radical (unpaired) electrons. The van der Waals surface area contributed by atoms with Gasteiger partial charge in [-0.1, -0.05) is 50.7 Å². The van der Waals surface area contributed by atoms with Crippen LogP contribution in [0.5, 0.6) is 0 Å². The first-order chi connectivity index (χ1) is 21.4. The van der Waals surface area contributed by atoms with E-state index in [-0.39, 0.29) is 17.6 Å². The van der Waals surface area contributed by atoms with Crippen LogP contribution in [0.3, 0.4) is 0 Å². The molecule has 1 heterocycles. The molecule has 7 heteroatoms. The van der Waals surface area contributed by atoms with Crippen LogP contribution in [0, 0.1) is 24.6 Å². The molecule has 44 heavy (non-hydrogen) atoms. The SMILES string of the molecule is Cc1nc2ccc(C(=O)Nc3ccc(CC(=O)N(CC4CCCCC4)CC4CCCCC4)cc3)cc2n1-c1ccc(F)cc1. The van der Waals surface area contributed by atoms with Gasteiger partial charge in [0.1, 0.15) is 11.6 Å². The van der Waals surface area contributed by atoms with Gasteiger partial charge in [0.15, 0.2) is 0 Å². The van der Waals surface area contributed by atoms with Crippen molar-refractivity contribution in [1.29, 1.82) is 0 Å². The average Bonchev–Trinajstić information content (AvgIpc) is 3.38. The Labute approximate surface area is 259 Å². The van der Waals surface area contributed by atoms with Crippen LogP contribution in [-0.4, -0.2) is 39.4 Å². The summed E-state index contributed by atoms with van der Waals surface area (Å²) in [6.45, 7) is 3.68. The Morgan fingerprint density at radius 3 is 2.07 bits per heavy atom. The summed E-state index contributed by atoms with van der Waals surface area (Å²) in [5, 5.41) is 2.99. The van der Waals surface area contributed by atoms with Crippen LogP contribution in [0.2, 0.25) is 0 Å². The van der Waals surface area contributed by atoms with Crippen molar-refractivity contribution in [1.82, 2.24) is 14.5 Å². The second-order valence-electron chi connectivity index (χ2n) is 12.8. The van der Waals surface area contributed by atoms with Crippen molar-refractivity contribution in [3.05, 3.63) is 89.5 Å². The number of carbonyl (C=O) groups excluding carboxylic acids is 2. The lowest BCUT2D eigenvalue weighted by atomic mass is 9.86. The number of rotatable bonds is 9. The fourth-order valence-corrected chi connectivity index (χ4v) is 7.09. The zero-order chi connectivity index (χ0) is 30.5. The summed E-state index contributed by atoms with van der Waals surface area (Å²) in [6, 6.07) is 19.3. The lowest BCUT2D eigenvalue weighted by Crippen LogP contribution is -2.40. The van der Waals surface area contributed by atoms with Gasteiger partial charge in [-0.3, -0.25) is 14.2 Å². The summed E-state index contributed by atoms with van der Waals surface area (Å²) in [5.41, 5.74) is 4.47. The predicted molar refractivity (Wildman–Crippen MR) is 174 cm³/mol. The maximum absolute atomic E-state index is 13.6. The van der Waals surface area contributed by atoms with Crippen molar-refractivity contribution in [3.8, 4) is 5.69 Å². The van der Waals surface area contributed by atoms with Gasteiger partial charge >= 0.3 is 0 Å². The largest absolute Gasteiger partial charge is 0.342 e. The topological polar surface area (TPSA) is 67.2 Å². The van der Waals surface area contributed by atoms with Crippen LogP contribution in [0.25, 0.3) is 16.7 Å². The van der Waals surface area contributed by atoms with Gasteiger partial charge in [0.25, 0.3) is 5.91 Å². The highest BCUT2D eigenvalue weighted by Crippen LogP contribution is 2.29. The van der Waals surface area contributed by atoms with E-state index in [1.54, 1.807) is 18.2 Å². The van der Waals surface area contributed by atoms with Crippen molar-refractivity contribution < 1.29 is 14.0 Å². The summed E-state index contributed by atoms with van der Waals surface area (Å²) in [4.78, 5) is 33.6. The van der Waals surface area contributed by atoms with Crippen molar-refractivity contribution >= 4 is 28.5 Å². The number of amides is 2. The third-order valence-electron chi connectivity index (χ3n) is 9.50. The first-order valence-corrected chi connectivity index (χ1v) is 16.4. The molecule has 1 aromatic heterocycles. The molecular weight excluding hydrogens is 551 g/mol. The average molecular weight is 595 g/mol. The van der Waals surface area contributed by atoms with E-state index in [1.807, 2.05) is 47.9 Å². The van der Waals surface area contributed by atoms with Gasteiger partial charge in [0.2, 0.25) is 5.91 Å². The van der Waals surface area contributed by atoms with E-state index in [0.29, 0.717) is 29.5 Å². The molecule has 1 N–H and O–H groups in total. The standard InChI is InChI=1S/C37H43FN4O2/c1-26-39-34-21-14-30(23-35(34)42(26)33-19-15-31(38)16-20-33)37(44)40-32-17-12-27(13-18-32)22-36(43)41(24-28-8-4-2-5-9-28)25-29-10-6-3-7-11-29/h12-21,23,28-29H,2-11,22,24-25H2,1H3,(H,40,44). The smallest absolute Gasteiger partial charge is 0.255 e. The van der Waals surface area contributed by atoms with Crippen molar-refractivity contribution in [2.75, 3.05) is 18.4 Å². The minimum Gasteiger partial charge on any atom is -0.342 e. The van der Waals surface area contributed by atoms with Gasteiger partial charge in [0.05, 0.1) is 17.5 Å². The quantitative estimate of drug-likeness (QED) is 0.212. The fourth-order valence-electron chi connectivity index (χ4n) is 7.09. The summed E-state index contributed by atoms with van der Waals surface area (Å²) >= 11 is 0. The van der Waals surface area contributed by atoms with Gasteiger partial charge in [-0.05, 0) is 105 Å². The molecule has 2 aliphatic carbocycles. The molecular formula is C37H43FN4O2. The second kappa shape index (κ2) is 13.7. The van der Waals surface area contributed by atoms with Crippen LogP contribution in [0.1, 0.15) is 86.0 Å². The van der Waals surface area contributed by atoms with E-state index in [1.165, 1.54) is 76.3 Å². The molecule has 2 amide bonds. The Kier molecular flexibility index (Phi) is 9.39. The van der Waals surface area contributed by atoms with Gasteiger partial charge < -0.3 is 10.2 Å². The van der Waals surface area contributed by atoms with Crippen molar-refractivity contribution in [3.63, 3.8) is 0 Å². The highest BCUT2D eigenvalue weighted by molar-refractivity contribution is 6.06. The molecule has 4 aromatic rings. The number of nitrogens with one attached hydrogen (secondary N) is 1. The summed E-state index contributed by atoms with van der Waals surface area (Å²) in [6.07, 6.45) is 13.1. The maximum atomic E-state index is 13.6. The lowest BCUT2D eigenvalue weighted by Gasteiger charge is -2.34. The Morgan fingerprint density at radius 2 is 1.45 bits per heavy atom. The zero-order valence-electron chi connectivity index (χ0n) is 25.7.